The van der Waals surface area contributed by atoms with Crippen LogP contribution in [0, 0.1) is 13.8 Å². The van der Waals surface area contributed by atoms with E-state index in [1.807, 2.05) is 44.3 Å². The molecule has 0 fully saturated rings. The zero-order valence-corrected chi connectivity index (χ0v) is 15.1. The molecule has 0 aliphatic heterocycles. The van der Waals surface area contributed by atoms with Crippen molar-refractivity contribution in [3.8, 4) is 0 Å². The number of fused-ring (bicyclic) bond motifs is 2. The molecule has 5 nitrogen and oxygen atoms in total. The van der Waals surface area contributed by atoms with Crippen molar-refractivity contribution in [1.29, 1.82) is 0 Å². The number of aromatic amines is 1. The molecule has 4 aromatic rings. The number of rotatable bonds is 3. The molecule has 130 valence electrons. The lowest BCUT2D eigenvalue weighted by molar-refractivity contribution is 0.0779. The molecule has 2 heterocycles. The number of hydrogen-bond acceptors (Lipinski definition) is 3. The fraction of sp³-hybridized carbons (Fsp3) is 0.190. The second kappa shape index (κ2) is 6.26. The van der Waals surface area contributed by atoms with Crippen LogP contribution < -0.4 is 0 Å². The Hall–Kier alpha value is -3.21. The van der Waals surface area contributed by atoms with E-state index in [1.54, 1.807) is 17.3 Å². The first kappa shape index (κ1) is 16.3. The highest BCUT2D eigenvalue weighted by Crippen LogP contribution is 2.24. The van der Waals surface area contributed by atoms with Crippen molar-refractivity contribution in [2.75, 3.05) is 7.05 Å². The van der Waals surface area contributed by atoms with Crippen LogP contribution in [0.5, 0.6) is 0 Å². The smallest absolute Gasteiger partial charge is 0.270 e. The maximum Gasteiger partial charge on any atom is 0.270 e. The molecule has 0 saturated carbocycles. The summed E-state index contributed by atoms with van der Waals surface area (Å²) in [6.45, 7) is 4.56. The predicted molar refractivity (Wildman–Crippen MR) is 103 cm³/mol. The van der Waals surface area contributed by atoms with Crippen molar-refractivity contribution in [3.63, 3.8) is 0 Å². The molecule has 5 heteroatoms. The largest absolute Gasteiger partial charge is 0.350 e. The number of hydrogen-bond donors (Lipinski definition) is 1. The summed E-state index contributed by atoms with van der Waals surface area (Å²) >= 11 is 0. The molecule has 4 rings (SSSR count). The summed E-state index contributed by atoms with van der Waals surface area (Å²) in [7, 11) is 1.82. The molecule has 0 bridgehead atoms. The van der Waals surface area contributed by atoms with E-state index in [1.165, 1.54) is 5.56 Å². The number of amides is 1. The second-order valence-corrected chi connectivity index (χ2v) is 6.71. The lowest BCUT2D eigenvalue weighted by atomic mass is 10.1. The molecule has 1 amide bonds. The number of carbonyl (C=O) groups is 1. The first-order chi connectivity index (χ1) is 12.5. The van der Waals surface area contributed by atoms with Crippen LogP contribution in [0.1, 0.15) is 27.2 Å². The zero-order valence-electron chi connectivity index (χ0n) is 15.1. The van der Waals surface area contributed by atoms with Gasteiger partial charge in [0.1, 0.15) is 5.69 Å². The average Bonchev–Trinajstić information content (AvgIpc) is 2.97. The maximum absolute atomic E-state index is 13.0. The van der Waals surface area contributed by atoms with Crippen molar-refractivity contribution in [2.45, 2.75) is 20.4 Å². The van der Waals surface area contributed by atoms with Gasteiger partial charge in [-0.3, -0.25) is 14.8 Å². The Bertz CT molecular complexity index is 1130. The zero-order chi connectivity index (χ0) is 18.3. The van der Waals surface area contributed by atoms with E-state index in [9.17, 15) is 4.79 Å². The van der Waals surface area contributed by atoms with Crippen LogP contribution in [0.25, 0.3) is 21.9 Å². The van der Waals surface area contributed by atoms with Gasteiger partial charge in [0.15, 0.2) is 0 Å². The van der Waals surface area contributed by atoms with Crippen LogP contribution in [0.4, 0.5) is 0 Å². The van der Waals surface area contributed by atoms with E-state index in [0.717, 1.165) is 33.1 Å². The van der Waals surface area contributed by atoms with Gasteiger partial charge in [0, 0.05) is 36.9 Å². The summed E-state index contributed by atoms with van der Waals surface area (Å²) in [5.41, 5.74) is 6.53. The Kier molecular flexibility index (Phi) is 3.92. The molecule has 0 radical (unpaired) electrons. The van der Waals surface area contributed by atoms with Crippen molar-refractivity contribution < 1.29 is 4.79 Å². The van der Waals surface area contributed by atoms with Gasteiger partial charge in [-0.15, -0.1) is 0 Å². The third-order valence-corrected chi connectivity index (χ3v) is 4.73. The number of nitrogens with zero attached hydrogens (tertiary/aromatic N) is 3. The molecule has 0 aliphatic rings. The van der Waals surface area contributed by atoms with Crippen molar-refractivity contribution in [3.05, 3.63) is 71.2 Å². The van der Waals surface area contributed by atoms with Gasteiger partial charge in [-0.05, 0) is 49.2 Å². The predicted octanol–water partition coefficient (Wildman–Crippen LogP) is 4.00. The van der Waals surface area contributed by atoms with Crippen molar-refractivity contribution in [1.82, 2.24) is 19.9 Å². The summed E-state index contributed by atoms with van der Waals surface area (Å²) in [5.74, 6) is -0.0180. The monoisotopic (exact) mass is 344 g/mol. The minimum Gasteiger partial charge on any atom is -0.350 e. The van der Waals surface area contributed by atoms with E-state index in [4.69, 9.17) is 0 Å². The van der Waals surface area contributed by atoms with E-state index in [2.05, 4.69) is 27.9 Å². The van der Waals surface area contributed by atoms with Gasteiger partial charge in [-0.1, -0.05) is 17.7 Å². The van der Waals surface area contributed by atoms with E-state index >= 15 is 0 Å². The Morgan fingerprint density at radius 2 is 1.81 bits per heavy atom. The quantitative estimate of drug-likeness (QED) is 0.611. The molecular formula is C21H20N4O. The number of aromatic nitrogens is 3. The Morgan fingerprint density at radius 3 is 2.62 bits per heavy atom. The minimum absolute atomic E-state index is 0.0180. The summed E-state index contributed by atoms with van der Waals surface area (Å²) < 4.78 is 0. The van der Waals surface area contributed by atoms with Crippen molar-refractivity contribution in [2.24, 2.45) is 0 Å². The fourth-order valence-electron chi connectivity index (χ4n) is 3.30. The van der Waals surface area contributed by atoms with Gasteiger partial charge < -0.3 is 9.88 Å². The molecular weight excluding hydrogens is 324 g/mol. The highest BCUT2D eigenvalue weighted by Gasteiger charge is 2.18. The molecule has 0 saturated heterocycles. The Morgan fingerprint density at radius 1 is 1.04 bits per heavy atom. The SMILES string of the molecule is Cc1ccc2[nH]c(C(=O)N(C)Cc3ccc4nccnc4c3)c(C)c2c1. The molecule has 2 aromatic carbocycles. The summed E-state index contributed by atoms with van der Waals surface area (Å²) in [4.78, 5) is 26.6. The summed E-state index contributed by atoms with van der Waals surface area (Å²) in [5, 5.41) is 1.10. The van der Waals surface area contributed by atoms with Gasteiger partial charge in [0.05, 0.1) is 11.0 Å². The van der Waals surface area contributed by atoms with Crippen LogP contribution in [-0.2, 0) is 6.54 Å². The van der Waals surface area contributed by atoms with Gasteiger partial charge in [0.2, 0.25) is 0 Å². The lowest BCUT2D eigenvalue weighted by Gasteiger charge is -2.17. The van der Waals surface area contributed by atoms with Gasteiger partial charge in [-0.25, -0.2) is 0 Å². The molecule has 2 aromatic heterocycles. The highest BCUT2D eigenvalue weighted by molar-refractivity contribution is 6.00. The normalized spacial score (nSPS) is 11.2. The summed E-state index contributed by atoms with van der Waals surface area (Å²) in [6, 6.07) is 12.1. The second-order valence-electron chi connectivity index (χ2n) is 6.71. The number of H-pyrrole nitrogens is 1. The number of carbonyl (C=O) groups excluding carboxylic acids is 1. The Balaban J connectivity index is 1.62. The number of nitrogens with one attached hydrogen (secondary N) is 1. The standard InChI is InChI=1S/C21H20N4O/c1-13-4-6-17-16(10-13)14(2)20(24-17)21(26)25(3)12-15-5-7-18-19(11-15)23-9-8-22-18/h4-11,24H,12H2,1-3H3. The lowest BCUT2D eigenvalue weighted by Crippen LogP contribution is -2.27. The molecule has 0 aliphatic carbocycles. The van der Waals surface area contributed by atoms with E-state index in [-0.39, 0.29) is 5.91 Å². The third kappa shape index (κ3) is 2.81. The van der Waals surface area contributed by atoms with Crippen LogP contribution in [0.3, 0.4) is 0 Å². The van der Waals surface area contributed by atoms with Gasteiger partial charge in [-0.2, -0.15) is 0 Å². The molecule has 0 spiro atoms. The van der Waals surface area contributed by atoms with Crippen molar-refractivity contribution >= 4 is 27.8 Å². The summed E-state index contributed by atoms with van der Waals surface area (Å²) in [6.07, 6.45) is 3.36. The molecule has 1 N–H and O–H groups in total. The molecule has 0 unspecified atom stereocenters. The number of benzene rings is 2. The van der Waals surface area contributed by atoms with E-state index in [0.29, 0.717) is 12.2 Å². The van der Waals surface area contributed by atoms with E-state index < -0.39 is 0 Å². The molecule has 0 atom stereocenters. The Labute approximate surface area is 151 Å². The number of aryl methyl sites for hydroxylation is 2. The topological polar surface area (TPSA) is 61.9 Å². The first-order valence-electron chi connectivity index (χ1n) is 8.57. The van der Waals surface area contributed by atoms with Crippen LogP contribution in [0.2, 0.25) is 0 Å². The fourth-order valence-corrected chi connectivity index (χ4v) is 3.30. The van der Waals surface area contributed by atoms with Gasteiger partial charge >= 0.3 is 0 Å². The first-order valence-corrected chi connectivity index (χ1v) is 8.57. The maximum atomic E-state index is 13.0. The van der Waals surface area contributed by atoms with Crippen LogP contribution >= 0.6 is 0 Å². The van der Waals surface area contributed by atoms with Gasteiger partial charge in [0.25, 0.3) is 5.91 Å². The average molecular weight is 344 g/mol. The molecule has 26 heavy (non-hydrogen) atoms. The third-order valence-electron chi connectivity index (χ3n) is 4.73. The van der Waals surface area contributed by atoms with Crippen LogP contribution in [-0.4, -0.2) is 32.8 Å². The highest BCUT2D eigenvalue weighted by atomic mass is 16.2. The van der Waals surface area contributed by atoms with Crippen LogP contribution in [0.15, 0.2) is 48.8 Å². The minimum atomic E-state index is -0.0180.